The van der Waals surface area contributed by atoms with Gasteiger partial charge in [0.05, 0.1) is 16.8 Å². The number of fused-ring (bicyclic) bond motifs is 3. The second-order valence-corrected chi connectivity index (χ2v) is 9.73. The molecule has 0 saturated carbocycles. The van der Waals surface area contributed by atoms with Gasteiger partial charge in [-0.2, -0.15) is 0 Å². The number of carbonyl (C=O) groups is 2. The third-order valence-electron chi connectivity index (χ3n) is 5.34. The fraction of sp³-hybridized carbons (Fsp3) is 0.391. The van der Waals surface area contributed by atoms with Crippen LogP contribution < -0.4 is 16.2 Å². The summed E-state index contributed by atoms with van der Waals surface area (Å²) in [6.45, 7) is 2.44. The van der Waals surface area contributed by atoms with Gasteiger partial charge in [0.2, 0.25) is 5.91 Å². The highest BCUT2D eigenvalue weighted by atomic mass is 32.2. The summed E-state index contributed by atoms with van der Waals surface area (Å²) in [5.41, 5.74) is 1.76. The van der Waals surface area contributed by atoms with E-state index in [4.69, 9.17) is 4.98 Å². The summed E-state index contributed by atoms with van der Waals surface area (Å²) in [5.74, 6) is -0.449. The molecule has 2 N–H and O–H groups in total. The van der Waals surface area contributed by atoms with E-state index in [9.17, 15) is 14.4 Å². The first-order valence-electron chi connectivity index (χ1n) is 10.9. The van der Waals surface area contributed by atoms with Crippen molar-refractivity contribution in [3.63, 3.8) is 0 Å². The van der Waals surface area contributed by atoms with Gasteiger partial charge in [-0.3, -0.25) is 19.5 Å². The van der Waals surface area contributed by atoms with Gasteiger partial charge in [-0.05, 0) is 49.8 Å². The minimum absolute atomic E-state index is 0.0184. The number of imide groups is 1. The number of nitrogens with zero attached hydrogens (tertiary/aromatic N) is 2. The van der Waals surface area contributed by atoms with Gasteiger partial charge in [0.15, 0.2) is 5.16 Å². The molecule has 0 spiro atoms. The number of hydrogen-bond donors (Lipinski definition) is 2. The van der Waals surface area contributed by atoms with Crippen LogP contribution in [0.3, 0.4) is 0 Å². The Labute approximate surface area is 194 Å². The Bertz CT molecular complexity index is 1190. The van der Waals surface area contributed by atoms with Crippen LogP contribution in [0.2, 0.25) is 0 Å². The van der Waals surface area contributed by atoms with Crippen molar-refractivity contribution in [3.8, 4) is 5.69 Å². The van der Waals surface area contributed by atoms with E-state index >= 15 is 0 Å². The van der Waals surface area contributed by atoms with E-state index in [-0.39, 0.29) is 11.3 Å². The summed E-state index contributed by atoms with van der Waals surface area (Å²) in [6, 6.07) is 8.86. The van der Waals surface area contributed by atoms with Crippen molar-refractivity contribution in [3.05, 3.63) is 51.1 Å². The predicted octanol–water partition coefficient (Wildman–Crippen LogP) is 4.04. The molecule has 2 heterocycles. The second-order valence-electron chi connectivity index (χ2n) is 7.71. The summed E-state index contributed by atoms with van der Waals surface area (Å²) in [4.78, 5) is 44.5. The maximum atomic E-state index is 13.7. The second kappa shape index (κ2) is 10.3. The number of para-hydroxylation sites is 1. The zero-order chi connectivity index (χ0) is 22.5. The summed E-state index contributed by atoms with van der Waals surface area (Å²) in [7, 11) is 0. The molecule has 7 nitrogen and oxygen atoms in total. The van der Waals surface area contributed by atoms with Crippen LogP contribution in [-0.2, 0) is 17.6 Å². The first-order chi connectivity index (χ1) is 15.6. The number of urea groups is 1. The number of aromatic nitrogens is 2. The number of rotatable bonds is 6. The molecule has 0 bridgehead atoms. The topological polar surface area (TPSA) is 93.1 Å². The Morgan fingerprint density at radius 3 is 2.72 bits per heavy atom. The average Bonchev–Trinajstić information content (AvgIpc) is 2.98. The molecule has 1 aliphatic carbocycles. The van der Waals surface area contributed by atoms with E-state index in [1.54, 1.807) is 15.9 Å². The Morgan fingerprint density at radius 2 is 1.94 bits per heavy atom. The van der Waals surface area contributed by atoms with E-state index in [0.29, 0.717) is 22.8 Å². The number of nitrogens with one attached hydrogen (secondary N) is 2. The number of thioether (sulfide) groups is 1. The van der Waals surface area contributed by atoms with Crippen LogP contribution >= 0.6 is 23.1 Å². The fourth-order valence-electron chi connectivity index (χ4n) is 3.84. The Morgan fingerprint density at radius 1 is 1.16 bits per heavy atom. The summed E-state index contributed by atoms with van der Waals surface area (Å²) >= 11 is 2.76. The minimum Gasteiger partial charge on any atom is -0.338 e. The van der Waals surface area contributed by atoms with Crippen molar-refractivity contribution in [2.45, 2.75) is 50.6 Å². The lowest BCUT2D eigenvalue weighted by atomic mass is 10.1. The number of aryl methyl sites for hydroxylation is 2. The van der Waals surface area contributed by atoms with Crippen molar-refractivity contribution in [1.29, 1.82) is 0 Å². The van der Waals surface area contributed by atoms with Crippen molar-refractivity contribution >= 4 is 45.3 Å². The zero-order valence-corrected chi connectivity index (χ0v) is 19.6. The molecule has 32 heavy (non-hydrogen) atoms. The summed E-state index contributed by atoms with van der Waals surface area (Å²) in [6.07, 6.45) is 6.07. The van der Waals surface area contributed by atoms with E-state index in [2.05, 4.69) is 10.6 Å². The van der Waals surface area contributed by atoms with Crippen LogP contribution in [0.1, 0.15) is 43.0 Å². The molecule has 1 aliphatic rings. The molecule has 0 unspecified atom stereocenters. The minimum atomic E-state index is -0.511. The maximum Gasteiger partial charge on any atom is 0.321 e. The van der Waals surface area contributed by atoms with Gasteiger partial charge in [0.1, 0.15) is 4.83 Å². The van der Waals surface area contributed by atoms with E-state index < -0.39 is 11.9 Å². The van der Waals surface area contributed by atoms with Crippen LogP contribution in [0.4, 0.5) is 4.79 Å². The largest absolute Gasteiger partial charge is 0.338 e. The number of hydrogen-bond acceptors (Lipinski definition) is 6. The standard InChI is InChI=1S/C23H26N4O3S2/c1-2-13-24-22(30)25-18(28)14-31-23-26-20-19(16-11-7-4-8-12-17(16)32-20)21(29)27(23)15-9-5-3-6-10-15/h3,5-6,9-10H,2,4,7-8,11-14H2,1H3,(H2,24,25,28,30). The van der Waals surface area contributed by atoms with E-state index in [1.807, 2.05) is 37.3 Å². The van der Waals surface area contributed by atoms with E-state index in [0.717, 1.165) is 54.3 Å². The molecule has 0 fully saturated rings. The van der Waals surface area contributed by atoms with Crippen LogP contribution in [-0.4, -0.2) is 33.8 Å². The molecule has 1 aromatic carbocycles. The molecular formula is C23H26N4O3S2. The van der Waals surface area contributed by atoms with E-state index in [1.165, 1.54) is 11.3 Å². The van der Waals surface area contributed by atoms with Crippen molar-refractivity contribution in [1.82, 2.24) is 20.2 Å². The lowest BCUT2D eigenvalue weighted by molar-refractivity contribution is -0.117. The third kappa shape index (κ3) is 4.88. The number of amides is 3. The molecule has 0 atom stereocenters. The predicted molar refractivity (Wildman–Crippen MR) is 129 cm³/mol. The quantitative estimate of drug-likeness (QED) is 0.322. The molecule has 3 aromatic rings. The zero-order valence-electron chi connectivity index (χ0n) is 18.0. The highest BCUT2D eigenvalue weighted by Gasteiger charge is 2.22. The molecule has 168 valence electrons. The molecule has 9 heteroatoms. The number of thiophene rings is 1. The van der Waals surface area contributed by atoms with Gasteiger partial charge >= 0.3 is 6.03 Å². The monoisotopic (exact) mass is 470 g/mol. The van der Waals surface area contributed by atoms with Crippen LogP contribution in [0.25, 0.3) is 15.9 Å². The molecule has 0 saturated heterocycles. The maximum absolute atomic E-state index is 13.7. The average molecular weight is 471 g/mol. The lowest BCUT2D eigenvalue weighted by Gasteiger charge is -2.12. The van der Waals surface area contributed by atoms with Crippen molar-refractivity contribution in [2.24, 2.45) is 0 Å². The van der Waals surface area contributed by atoms with Gasteiger partial charge in [0.25, 0.3) is 5.56 Å². The van der Waals surface area contributed by atoms with Crippen molar-refractivity contribution in [2.75, 3.05) is 12.3 Å². The first-order valence-corrected chi connectivity index (χ1v) is 12.7. The Hall–Kier alpha value is -2.65. The highest BCUT2D eigenvalue weighted by molar-refractivity contribution is 7.99. The van der Waals surface area contributed by atoms with Crippen LogP contribution in [0.15, 0.2) is 40.3 Å². The molecule has 4 rings (SSSR count). The number of benzene rings is 1. The summed E-state index contributed by atoms with van der Waals surface area (Å²) < 4.78 is 1.59. The van der Waals surface area contributed by atoms with Gasteiger partial charge in [-0.15, -0.1) is 11.3 Å². The van der Waals surface area contributed by atoms with Gasteiger partial charge in [-0.25, -0.2) is 9.78 Å². The van der Waals surface area contributed by atoms with Gasteiger partial charge in [-0.1, -0.05) is 43.3 Å². The first kappa shape index (κ1) is 22.5. The Kier molecular flexibility index (Phi) is 7.26. The molecule has 2 aromatic heterocycles. The summed E-state index contributed by atoms with van der Waals surface area (Å²) in [5, 5.41) is 6.10. The van der Waals surface area contributed by atoms with Crippen LogP contribution in [0.5, 0.6) is 0 Å². The van der Waals surface area contributed by atoms with Gasteiger partial charge < -0.3 is 5.32 Å². The SMILES string of the molecule is CCCNC(=O)NC(=O)CSc1nc2sc3c(c2c(=O)n1-c1ccccc1)CCCCC3. The molecule has 0 aliphatic heterocycles. The number of carbonyl (C=O) groups excluding carboxylic acids is 2. The Balaban J connectivity index is 1.69. The molecule has 3 amide bonds. The lowest BCUT2D eigenvalue weighted by Crippen LogP contribution is -2.40. The fourth-order valence-corrected chi connectivity index (χ4v) is 5.96. The molecule has 0 radical (unpaired) electrons. The smallest absolute Gasteiger partial charge is 0.321 e. The highest BCUT2D eigenvalue weighted by Crippen LogP contribution is 2.34. The van der Waals surface area contributed by atoms with Gasteiger partial charge in [0, 0.05) is 11.4 Å². The molecular weight excluding hydrogens is 444 g/mol. The van der Waals surface area contributed by atoms with Crippen LogP contribution in [0, 0.1) is 0 Å². The van der Waals surface area contributed by atoms with Crippen molar-refractivity contribution < 1.29 is 9.59 Å². The normalized spacial score (nSPS) is 13.4. The third-order valence-corrected chi connectivity index (χ3v) is 7.47.